The SMILES string of the molecule is COc1ccc([C@H](C)NC(=O)c2cnc3c(C4CC4)nc(C)cc3c2N2CCN[C@@H](C)CC2)cc1OC. The molecule has 0 spiro atoms. The zero-order valence-electron chi connectivity index (χ0n) is 22.4. The van der Waals surface area contributed by atoms with Crippen LogP contribution in [0.4, 0.5) is 5.69 Å². The molecule has 37 heavy (non-hydrogen) atoms. The number of amides is 1. The van der Waals surface area contributed by atoms with Gasteiger partial charge in [-0.3, -0.25) is 14.8 Å². The van der Waals surface area contributed by atoms with E-state index in [4.69, 9.17) is 19.4 Å². The van der Waals surface area contributed by atoms with Gasteiger partial charge in [0.15, 0.2) is 11.5 Å². The minimum absolute atomic E-state index is 0.139. The van der Waals surface area contributed by atoms with Gasteiger partial charge in [-0.2, -0.15) is 0 Å². The molecule has 2 aromatic heterocycles. The van der Waals surface area contributed by atoms with Crippen LogP contribution in [0.2, 0.25) is 0 Å². The number of pyridine rings is 2. The van der Waals surface area contributed by atoms with Crippen molar-refractivity contribution in [1.29, 1.82) is 0 Å². The molecule has 1 aliphatic carbocycles. The van der Waals surface area contributed by atoms with Crippen molar-refractivity contribution in [2.45, 2.75) is 58.0 Å². The van der Waals surface area contributed by atoms with Gasteiger partial charge in [-0.05, 0) is 63.8 Å². The maximum absolute atomic E-state index is 13.8. The standard InChI is InChI=1S/C29H37N5O3/c1-17-10-12-34(13-11-30-17)28-22-14-18(2)32-26(20-6-7-20)27(22)31-16-23(28)29(35)33-19(3)21-8-9-24(36-4)25(15-21)37-5/h8-9,14-17,19-20,30H,6-7,10-13H2,1-5H3,(H,33,35)/t17-,19-/m0/s1. The van der Waals surface area contributed by atoms with Gasteiger partial charge in [0.1, 0.15) is 0 Å². The van der Waals surface area contributed by atoms with Crippen LogP contribution in [0.3, 0.4) is 0 Å². The fraction of sp³-hybridized carbons (Fsp3) is 0.483. The second kappa shape index (κ2) is 10.5. The van der Waals surface area contributed by atoms with E-state index in [0.717, 1.165) is 72.4 Å². The van der Waals surface area contributed by atoms with E-state index < -0.39 is 0 Å². The predicted molar refractivity (Wildman–Crippen MR) is 146 cm³/mol. The normalized spacial score (nSPS) is 18.8. The minimum Gasteiger partial charge on any atom is -0.493 e. The van der Waals surface area contributed by atoms with E-state index >= 15 is 0 Å². The lowest BCUT2D eigenvalue weighted by Crippen LogP contribution is -2.33. The van der Waals surface area contributed by atoms with E-state index in [0.29, 0.717) is 29.0 Å². The molecule has 2 fully saturated rings. The molecule has 3 heterocycles. The highest BCUT2D eigenvalue weighted by molar-refractivity contribution is 6.08. The fourth-order valence-corrected chi connectivity index (χ4v) is 5.20. The molecule has 1 saturated heterocycles. The monoisotopic (exact) mass is 503 g/mol. The summed E-state index contributed by atoms with van der Waals surface area (Å²) in [6, 6.07) is 8.02. The molecular formula is C29H37N5O3. The van der Waals surface area contributed by atoms with Gasteiger partial charge in [0.05, 0.1) is 42.7 Å². The third-order valence-corrected chi connectivity index (χ3v) is 7.47. The number of fused-ring (bicyclic) bond motifs is 1. The first-order valence-electron chi connectivity index (χ1n) is 13.2. The lowest BCUT2D eigenvalue weighted by atomic mass is 10.0. The molecule has 8 heteroatoms. The number of rotatable bonds is 7. The number of methoxy groups -OCH3 is 2. The third kappa shape index (κ3) is 5.21. The molecule has 196 valence electrons. The van der Waals surface area contributed by atoms with E-state index in [1.807, 2.05) is 32.0 Å². The molecule has 0 bridgehead atoms. The lowest BCUT2D eigenvalue weighted by Gasteiger charge is -2.27. The number of carbonyl (C=O) groups excluding carboxylic acids is 1. The first kappa shape index (κ1) is 25.3. The van der Waals surface area contributed by atoms with Crippen LogP contribution in [-0.2, 0) is 0 Å². The molecular weight excluding hydrogens is 466 g/mol. The van der Waals surface area contributed by atoms with Gasteiger partial charge >= 0.3 is 0 Å². The second-order valence-electron chi connectivity index (χ2n) is 10.3. The molecule has 2 atom stereocenters. The second-order valence-corrected chi connectivity index (χ2v) is 10.3. The Hall–Kier alpha value is -3.39. The zero-order valence-corrected chi connectivity index (χ0v) is 22.4. The maximum atomic E-state index is 13.8. The van der Waals surface area contributed by atoms with Crippen molar-refractivity contribution in [2.24, 2.45) is 0 Å². The highest BCUT2D eigenvalue weighted by Crippen LogP contribution is 2.43. The average molecular weight is 504 g/mol. The Balaban J connectivity index is 1.54. The lowest BCUT2D eigenvalue weighted by molar-refractivity contribution is 0.0940. The molecule has 0 unspecified atom stereocenters. The van der Waals surface area contributed by atoms with Crippen LogP contribution in [0, 0.1) is 6.92 Å². The van der Waals surface area contributed by atoms with Gasteiger partial charge < -0.3 is 25.0 Å². The van der Waals surface area contributed by atoms with Crippen LogP contribution in [0.5, 0.6) is 11.5 Å². The summed E-state index contributed by atoms with van der Waals surface area (Å²) in [6.07, 6.45) is 5.06. The number of ether oxygens (including phenoxy) is 2. The maximum Gasteiger partial charge on any atom is 0.255 e. The highest BCUT2D eigenvalue weighted by Gasteiger charge is 2.31. The largest absolute Gasteiger partial charge is 0.493 e. The summed E-state index contributed by atoms with van der Waals surface area (Å²) in [5.74, 6) is 1.62. The van der Waals surface area contributed by atoms with E-state index in [1.54, 1.807) is 20.4 Å². The molecule has 2 N–H and O–H groups in total. The zero-order chi connectivity index (χ0) is 26.1. The van der Waals surface area contributed by atoms with E-state index in [1.165, 1.54) is 0 Å². The van der Waals surface area contributed by atoms with Crippen molar-refractivity contribution < 1.29 is 14.3 Å². The number of aryl methyl sites for hydroxylation is 1. The molecule has 1 saturated carbocycles. The molecule has 1 aromatic carbocycles. The van der Waals surface area contributed by atoms with Crippen molar-refractivity contribution in [3.8, 4) is 11.5 Å². The van der Waals surface area contributed by atoms with Gasteiger partial charge in [0.2, 0.25) is 0 Å². The number of nitrogens with one attached hydrogen (secondary N) is 2. The first-order chi connectivity index (χ1) is 17.9. The molecule has 8 nitrogen and oxygen atoms in total. The summed E-state index contributed by atoms with van der Waals surface area (Å²) >= 11 is 0. The number of benzene rings is 1. The fourth-order valence-electron chi connectivity index (χ4n) is 5.20. The van der Waals surface area contributed by atoms with Crippen molar-refractivity contribution in [2.75, 3.05) is 38.8 Å². The molecule has 2 aliphatic rings. The summed E-state index contributed by atoms with van der Waals surface area (Å²) in [5.41, 5.74) is 5.47. The number of aromatic nitrogens is 2. The minimum atomic E-state index is -0.233. The number of anilines is 1. The smallest absolute Gasteiger partial charge is 0.255 e. The Morgan fingerprint density at radius 2 is 1.92 bits per heavy atom. The number of hydrogen-bond donors (Lipinski definition) is 2. The third-order valence-electron chi connectivity index (χ3n) is 7.47. The number of carbonyl (C=O) groups is 1. The van der Waals surface area contributed by atoms with Gasteiger partial charge in [-0.15, -0.1) is 0 Å². The molecule has 1 amide bonds. The first-order valence-corrected chi connectivity index (χ1v) is 13.2. The quantitative estimate of drug-likeness (QED) is 0.490. The highest BCUT2D eigenvalue weighted by atomic mass is 16.5. The van der Waals surface area contributed by atoms with Crippen molar-refractivity contribution in [1.82, 2.24) is 20.6 Å². The van der Waals surface area contributed by atoms with Crippen molar-refractivity contribution >= 4 is 22.5 Å². The number of hydrogen-bond acceptors (Lipinski definition) is 7. The summed E-state index contributed by atoms with van der Waals surface area (Å²) in [5, 5.41) is 7.80. The van der Waals surface area contributed by atoms with Crippen LogP contribution in [0.15, 0.2) is 30.5 Å². The van der Waals surface area contributed by atoms with Crippen LogP contribution in [0.1, 0.15) is 72.4 Å². The van der Waals surface area contributed by atoms with Crippen LogP contribution in [0.25, 0.3) is 10.9 Å². The van der Waals surface area contributed by atoms with Crippen LogP contribution < -0.4 is 25.0 Å². The summed E-state index contributed by atoms with van der Waals surface area (Å²) in [4.78, 5) is 25.9. The van der Waals surface area contributed by atoms with Gasteiger partial charge in [-0.25, -0.2) is 0 Å². The molecule has 3 aromatic rings. The van der Waals surface area contributed by atoms with Crippen LogP contribution >= 0.6 is 0 Å². The summed E-state index contributed by atoms with van der Waals surface area (Å²) in [6.45, 7) is 8.80. The Bertz CT molecular complexity index is 1310. The van der Waals surface area contributed by atoms with Gasteiger partial charge in [-0.1, -0.05) is 6.07 Å². The van der Waals surface area contributed by atoms with E-state index in [9.17, 15) is 4.79 Å². The van der Waals surface area contributed by atoms with E-state index in [2.05, 4.69) is 28.5 Å². The number of nitrogens with zero attached hydrogens (tertiary/aromatic N) is 3. The Morgan fingerprint density at radius 3 is 2.65 bits per heavy atom. The van der Waals surface area contributed by atoms with Gasteiger partial charge in [0.25, 0.3) is 5.91 Å². The Labute approximate surface area is 218 Å². The van der Waals surface area contributed by atoms with E-state index in [-0.39, 0.29) is 11.9 Å². The molecule has 5 rings (SSSR count). The predicted octanol–water partition coefficient (Wildman–Crippen LogP) is 4.51. The van der Waals surface area contributed by atoms with Gasteiger partial charge in [0, 0.05) is 48.9 Å². The Morgan fingerprint density at radius 1 is 1.14 bits per heavy atom. The summed E-state index contributed by atoms with van der Waals surface area (Å²) < 4.78 is 10.8. The molecule has 0 radical (unpaired) electrons. The average Bonchev–Trinajstić information content (AvgIpc) is 3.75. The van der Waals surface area contributed by atoms with Crippen molar-refractivity contribution in [3.63, 3.8) is 0 Å². The van der Waals surface area contributed by atoms with Crippen molar-refractivity contribution in [3.05, 3.63) is 53.0 Å². The Kier molecular flexibility index (Phi) is 7.20. The van der Waals surface area contributed by atoms with Crippen LogP contribution in [-0.4, -0.2) is 55.8 Å². The molecule has 1 aliphatic heterocycles. The topological polar surface area (TPSA) is 88.6 Å². The summed E-state index contributed by atoms with van der Waals surface area (Å²) in [7, 11) is 3.23.